The summed E-state index contributed by atoms with van der Waals surface area (Å²) in [5.41, 5.74) is 5.02. The first kappa shape index (κ1) is 21.5. The summed E-state index contributed by atoms with van der Waals surface area (Å²) in [5, 5.41) is 1.17. The maximum atomic E-state index is 13.7. The van der Waals surface area contributed by atoms with Crippen LogP contribution in [0.15, 0.2) is 65.8 Å². The molecule has 0 aliphatic carbocycles. The largest absolute Gasteiger partial charge is 0.279 e. The molecule has 0 aliphatic heterocycles. The molecule has 158 valence electrons. The minimum Gasteiger partial charge on any atom is -0.279 e. The molecule has 0 saturated heterocycles. The van der Waals surface area contributed by atoms with E-state index in [0.717, 1.165) is 26.2 Å². The molecule has 2 aromatic heterocycles. The Morgan fingerprint density at radius 2 is 1.87 bits per heavy atom. The number of amides is 1. The van der Waals surface area contributed by atoms with Crippen LogP contribution in [0.3, 0.4) is 0 Å². The fourth-order valence-electron chi connectivity index (χ4n) is 3.36. The van der Waals surface area contributed by atoms with Crippen molar-refractivity contribution in [3.8, 4) is 0 Å². The van der Waals surface area contributed by atoms with Crippen molar-refractivity contribution in [1.29, 1.82) is 0 Å². The van der Waals surface area contributed by atoms with Crippen molar-refractivity contribution in [2.24, 2.45) is 0 Å². The Bertz CT molecular complexity index is 1220. The lowest BCUT2D eigenvalue weighted by molar-refractivity contribution is 0.0985. The van der Waals surface area contributed by atoms with Crippen molar-refractivity contribution in [2.45, 2.75) is 44.4 Å². The van der Waals surface area contributed by atoms with E-state index in [4.69, 9.17) is 4.98 Å². The van der Waals surface area contributed by atoms with E-state index in [2.05, 4.69) is 50.9 Å². The maximum Gasteiger partial charge on any atom is 0.260 e. The molecular formula is C25H25N3OS2. The zero-order valence-electron chi connectivity index (χ0n) is 18.1. The first-order valence-corrected chi connectivity index (χ1v) is 12.0. The van der Waals surface area contributed by atoms with Crippen LogP contribution in [0.2, 0.25) is 0 Å². The second-order valence-corrected chi connectivity index (χ2v) is 10.5. The molecule has 0 N–H and O–H groups in total. The number of thioether (sulfide) groups is 1. The molecule has 4 rings (SSSR count). The van der Waals surface area contributed by atoms with E-state index in [9.17, 15) is 4.79 Å². The molecule has 4 nitrogen and oxygen atoms in total. The van der Waals surface area contributed by atoms with Gasteiger partial charge in [0, 0.05) is 28.1 Å². The molecule has 2 heterocycles. The molecule has 6 heteroatoms. The van der Waals surface area contributed by atoms with Gasteiger partial charge in [0.1, 0.15) is 0 Å². The normalized spacial score (nSPS) is 11.3. The van der Waals surface area contributed by atoms with Crippen molar-refractivity contribution in [3.05, 3.63) is 83.2 Å². The standard InChI is InChI=1S/C25H25N3OS2/c1-16(2)30-21-7-5-6-20(14-21)24(29)28(15-19-10-12-26-13-11-19)25-27-23-18(4)17(3)8-9-22(23)31-25/h5-14,16H,15H2,1-4H3. The van der Waals surface area contributed by atoms with Crippen LogP contribution in [0.1, 0.15) is 40.9 Å². The Morgan fingerprint density at radius 3 is 2.61 bits per heavy atom. The molecular weight excluding hydrogens is 422 g/mol. The molecule has 0 unspecified atom stereocenters. The second kappa shape index (κ2) is 9.20. The van der Waals surface area contributed by atoms with Gasteiger partial charge in [0.2, 0.25) is 0 Å². The van der Waals surface area contributed by atoms with Gasteiger partial charge >= 0.3 is 0 Å². The van der Waals surface area contributed by atoms with Crippen molar-refractivity contribution in [2.75, 3.05) is 4.90 Å². The number of pyridine rings is 1. The van der Waals surface area contributed by atoms with E-state index in [1.54, 1.807) is 40.4 Å². The topological polar surface area (TPSA) is 46.1 Å². The Balaban J connectivity index is 1.76. The third-order valence-corrected chi connectivity index (χ3v) is 7.13. The van der Waals surface area contributed by atoms with Gasteiger partial charge in [0.05, 0.1) is 16.8 Å². The number of nitrogens with zero attached hydrogens (tertiary/aromatic N) is 3. The highest BCUT2D eigenvalue weighted by atomic mass is 32.2. The van der Waals surface area contributed by atoms with Crippen LogP contribution in [0.25, 0.3) is 10.2 Å². The fourth-order valence-corrected chi connectivity index (χ4v) is 5.28. The number of fused-ring (bicyclic) bond motifs is 1. The van der Waals surface area contributed by atoms with Crippen LogP contribution in [0.4, 0.5) is 5.13 Å². The highest BCUT2D eigenvalue weighted by Gasteiger charge is 2.23. The van der Waals surface area contributed by atoms with Crippen LogP contribution in [-0.2, 0) is 6.54 Å². The van der Waals surface area contributed by atoms with E-state index in [0.29, 0.717) is 22.5 Å². The van der Waals surface area contributed by atoms with Gasteiger partial charge in [-0.1, -0.05) is 37.3 Å². The lowest BCUT2D eigenvalue weighted by atomic mass is 10.1. The summed E-state index contributed by atoms with van der Waals surface area (Å²) >= 11 is 3.32. The molecule has 0 radical (unpaired) electrons. The number of rotatable bonds is 6. The lowest BCUT2D eigenvalue weighted by Crippen LogP contribution is -2.30. The number of aryl methyl sites for hydroxylation is 2. The zero-order chi connectivity index (χ0) is 22.0. The van der Waals surface area contributed by atoms with Gasteiger partial charge in [-0.25, -0.2) is 4.98 Å². The Hall–Kier alpha value is -2.70. The number of anilines is 1. The summed E-state index contributed by atoms with van der Waals surface area (Å²) in [6, 6.07) is 16.0. The average molecular weight is 448 g/mol. The number of aromatic nitrogens is 2. The number of hydrogen-bond donors (Lipinski definition) is 0. The highest BCUT2D eigenvalue weighted by Crippen LogP contribution is 2.34. The van der Waals surface area contributed by atoms with Crippen molar-refractivity contribution in [1.82, 2.24) is 9.97 Å². The average Bonchev–Trinajstić information content (AvgIpc) is 3.19. The van der Waals surface area contributed by atoms with Crippen molar-refractivity contribution in [3.63, 3.8) is 0 Å². The minimum atomic E-state index is -0.0450. The SMILES string of the molecule is Cc1ccc2sc(N(Cc3ccncc3)C(=O)c3cccc(SC(C)C)c3)nc2c1C. The van der Waals surface area contributed by atoms with Gasteiger partial charge in [-0.3, -0.25) is 14.7 Å². The Kier molecular flexibility index (Phi) is 6.39. The summed E-state index contributed by atoms with van der Waals surface area (Å²) < 4.78 is 1.09. The van der Waals surface area contributed by atoms with Crippen LogP contribution < -0.4 is 4.90 Å². The molecule has 31 heavy (non-hydrogen) atoms. The predicted octanol–water partition coefficient (Wildman–Crippen LogP) is 6.66. The van der Waals surface area contributed by atoms with E-state index < -0.39 is 0 Å². The summed E-state index contributed by atoms with van der Waals surface area (Å²) in [6.45, 7) is 8.93. The molecule has 0 spiro atoms. The fraction of sp³-hybridized carbons (Fsp3) is 0.240. The van der Waals surface area contributed by atoms with Crippen LogP contribution in [0.5, 0.6) is 0 Å². The Morgan fingerprint density at radius 1 is 1.10 bits per heavy atom. The number of carbonyl (C=O) groups excluding carboxylic acids is 1. The van der Waals surface area contributed by atoms with E-state index in [-0.39, 0.29) is 5.91 Å². The number of hydrogen-bond acceptors (Lipinski definition) is 5. The van der Waals surface area contributed by atoms with E-state index in [1.807, 2.05) is 30.3 Å². The molecule has 1 amide bonds. The summed E-state index contributed by atoms with van der Waals surface area (Å²) in [7, 11) is 0. The number of carbonyl (C=O) groups is 1. The lowest BCUT2D eigenvalue weighted by Gasteiger charge is -2.20. The van der Waals surface area contributed by atoms with Gasteiger partial charge in [0.15, 0.2) is 5.13 Å². The van der Waals surface area contributed by atoms with Crippen LogP contribution >= 0.6 is 23.1 Å². The quantitative estimate of drug-likeness (QED) is 0.310. The molecule has 0 fully saturated rings. The predicted molar refractivity (Wildman–Crippen MR) is 131 cm³/mol. The third kappa shape index (κ3) is 4.81. The first-order valence-electron chi connectivity index (χ1n) is 10.3. The summed E-state index contributed by atoms with van der Waals surface area (Å²) in [4.78, 5) is 25.6. The number of thiazole rings is 1. The van der Waals surface area contributed by atoms with Gasteiger partial charge in [-0.15, -0.1) is 11.8 Å². The van der Waals surface area contributed by atoms with Crippen LogP contribution in [-0.4, -0.2) is 21.1 Å². The highest BCUT2D eigenvalue weighted by molar-refractivity contribution is 7.99. The molecule has 2 aromatic carbocycles. The molecule has 4 aromatic rings. The molecule has 0 aliphatic rings. The third-order valence-electron chi connectivity index (χ3n) is 5.09. The molecule has 0 bridgehead atoms. The van der Waals surface area contributed by atoms with Gasteiger partial charge in [-0.2, -0.15) is 0 Å². The van der Waals surface area contributed by atoms with Crippen LogP contribution in [0, 0.1) is 13.8 Å². The van der Waals surface area contributed by atoms with E-state index >= 15 is 0 Å². The molecule has 0 saturated carbocycles. The second-order valence-electron chi connectivity index (χ2n) is 7.79. The smallest absolute Gasteiger partial charge is 0.260 e. The first-order chi connectivity index (χ1) is 14.9. The van der Waals surface area contributed by atoms with Gasteiger partial charge in [-0.05, 0) is 66.9 Å². The van der Waals surface area contributed by atoms with Crippen molar-refractivity contribution < 1.29 is 4.79 Å². The summed E-state index contributed by atoms with van der Waals surface area (Å²) in [5.74, 6) is -0.0450. The van der Waals surface area contributed by atoms with Gasteiger partial charge in [0.25, 0.3) is 5.91 Å². The number of benzene rings is 2. The van der Waals surface area contributed by atoms with Gasteiger partial charge < -0.3 is 0 Å². The molecule has 0 atom stereocenters. The van der Waals surface area contributed by atoms with E-state index in [1.165, 1.54) is 5.56 Å². The summed E-state index contributed by atoms with van der Waals surface area (Å²) in [6.07, 6.45) is 3.51. The Labute approximate surface area is 191 Å². The zero-order valence-corrected chi connectivity index (χ0v) is 19.8. The monoisotopic (exact) mass is 447 g/mol. The maximum absolute atomic E-state index is 13.7. The minimum absolute atomic E-state index is 0.0450. The van der Waals surface area contributed by atoms with Crippen molar-refractivity contribution >= 4 is 44.4 Å².